The van der Waals surface area contributed by atoms with Gasteiger partial charge in [-0.1, -0.05) is 176 Å². The molecule has 0 amide bonds. The van der Waals surface area contributed by atoms with Crippen molar-refractivity contribution in [2.24, 2.45) is 0 Å². The van der Waals surface area contributed by atoms with Crippen LogP contribution in [0.2, 0.25) is 0 Å². The number of H-pyrrole nitrogens is 1. The molecule has 0 aromatic carbocycles. The first-order valence-electron chi connectivity index (χ1n) is 32.3. The Labute approximate surface area is 563 Å². The van der Waals surface area contributed by atoms with Crippen LogP contribution < -0.4 is 10.1 Å². The molecule has 0 unspecified atom stereocenters. The minimum Gasteiger partial charge on any atom is -0.481 e. The van der Waals surface area contributed by atoms with Crippen LogP contribution in [0, 0.1) is 13.8 Å². The van der Waals surface area contributed by atoms with Gasteiger partial charge >= 0.3 is 0 Å². The predicted molar refractivity (Wildman–Crippen MR) is 393 cm³/mol. The molecular formula is C78H122N14O. The van der Waals surface area contributed by atoms with Gasteiger partial charge in [0, 0.05) is 137 Å². The number of rotatable bonds is 2. The van der Waals surface area contributed by atoms with Gasteiger partial charge in [-0.15, -0.1) is 0 Å². The van der Waals surface area contributed by atoms with E-state index in [2.05, 4.69) is 288 Å². The molecule has 0 aliphatic heterocycles. The van der Waals surface area contributed by atoms with E-state index in [-0.39, 0.29) is 49.0 Å². The molecule has 510 valence electrons. The summed E-state index contributed by atoms with van der Waals surface area (Å²) in [5.74, 6) is 3.53. The number of anilines is 1. The van der Waals surface area contributed by atoms with E-state index in [0.717, 1.165) is 40.2 Å². The Kier molecular flexibility index (Phi) is 33.1. The van der Waals surface area contributed by atoms with Crippen molar-refractivity contribution in [1.29, 1.82) is 0 Å². The largest absolute Gasteiger partial charge is 0.481 e. The van der Waals surface area contributed by atoms with Crippen LogP contribution in [0.3, 0.4) is 0 Å². The van der Waals surface area contributed by atoms with Crippen LogP contribution in [0.5, 0.6) is 5.88 Å². The molecule has 0 saturated carbocycles. The number of pyridine rings is 5. The lowest BCUT2D eigenvalue weighted by Gasteiger charge is -2.19. The third-order valence-corrected chi connectivity index (χ3v) is 13.5. The predicted octanol–water partition coefficient (Wildman–Crippen LogP) is 19.3. The molecule has 9 aromatic heterocycles. The molecular weight excluding hydrogens is 1150 g/mol. The zero-order valence-corrected chi connectivity index (χ0v) is 63.4. The molecule has 2 N–H and O–H groups in total. The molecule has 0 aliphatic rings. The lowest BCUT2D eigenvalue weighted by Crippen LogP contribution is -2.21. The van der Waals surface area contributed by atoms with Crippen LogP contribution in [0.25, 0.3) is 0 Å². The van der Waals surface area contributed by atoms with E-state index in [1.807, 2.05) is 124 Å². The third kappa shape index (κ3) is 35.1. The molecule has 0 bridgehead atoms. The maximum absolute atomic E-state index is 4.97. The average molecular weight is 1270 g/mol. The molecule has 0 spiro atoms. The number of nitrogens with zero attached hydrogens (tertiary/aromatic N) is 12. The first-order chi connectivity index (χ1) is 42.6. The number of aromatic nitrogens is 13. The van der Waals surface area contributed by atoms with Crippen LogP contribution in [0.15, 0.2) is 166 Å². The van der Waals surface area contributed by atoms with Gasteiger partial charge in [0.2, 0.25) is 5.88 Å². The molecule has 9 aromatic rings. The molecule has 9 heterocycles. The van der Waals surface area contributed by atoms with E-state index >= 15 is 0 Å². The molecule has 0 radical (unpaired) electrons. The van der Waals surface area contributed by atoms with Crippen molar-refractivity contribution in [3.05, 3.63) is 217 Å². The van der Waals surface area contributed by atoms with E-state index < -0.39 is 0 Å². The van der Waals surface area contributed by atoms with Crippen LogP contribution in [0.4, 0.5) is 5.82 Å². The normalized spacial score (nSPS) is 11.6. The molecule has 9 rings (SSSR count). The van der Waals surface area contributed by atoms with Gasteiger partial charge in [0.1, 0.15) is 17.5 Å². The molecule has 0 atom stereocenters. The van der Waals surface area contributed by atoms with E-state index in [1.54, 1.807) is 38.1 Å². The van der Waals surface area contributed by atoms with Crippen molar-refractivity contribution >= 4 is 5.82 Å². The molecule has 15 nitrogen and oxygen atoms in total. The standard InChI is InChI=1S/C10H16N2.C10H15NO.2C10H15N.C9H13N.C8H12N2.3C7H12N2/c1-10(2,3)8-5-6-9(11-4)12-7-8;1-10(2,3)8-5-6-9(12-4)11-7-8;1-8-5-6-9(7-11-8)10(2,3)4;1-8-6-5-7-9(11-8)10(2,3)4;1-9(2,3)8-6-4-5-7-10-8;1-8(2,3)7-9-5-4-6-10-7;1-7(2,3)9-5-4-8-6-9;1-7(2,3)6-8-4-5-9-6;1-7(2,3)9-6-4-5-8-9/h5-7H,1-4H3,(H,11,12);5-7H,1-4H3;2*5-7H,1-4H3;4-7H,1-3H3;4-6H,1-3H3;4-6H,1-3H3;4-5H,1-3H3,(H,8,9);4-6H,1-3H3. The maximum atomic E-state index is 4.97. The first-order valence-corrected chi connectivity index (χ1v) is 32.3. The molecule has 0 fully saturated rings. The summed E-state index contributed by atoms with van der Waals surface area (Å²) in [5.41, 5.74) is 9.74. The summed E-state index contributed by atoms with van der Waals surface area (Å²) in [7, 11) is 3.50. The Bertz CT molecular complexity index is 3100. The number of methoxy groups -OCH3 is 1. The van der Waals surface area contributed by atoms with Gasteiger partial charge in [-0.05, 0) is 137 Å². The Balaban J connectivity index is 0.000000524. The zero-order valence-electron chi connectivity index (χ0n) is 63.4. The van der Waals surface area contributed by atoms with Gasteiger partial charge in [0.25, 0.3) is 0 Å². The maximum Gasteiger partial charge on any atom is 0.212 e. The number of ether oxygens (including phenoxy) is 1. The minimum absolute atomic E-state index is 0.0707. The molecule has 93 heavy (non-hydrogen) atoms. The third-order valence-electron chi connectivity index (χ3n) is 13.5. The SMILES string of the molecule is CC(C)(C)c1ccccn1.CC(C)(C)c1ncc[nH]1.CC(C)(C)c1ncccn1.CC(C)(C)n1cccn1.CC(C)(C)n1ccnc1.CNc1ccc(C(C)(C)C)cn1.COc1ccc(C(C)(C)C)cn1.Cc1ccc(C(C)(C)C)cn1.Cc1cccc(C(C)(C)C)n1. The molecule has 0 saturated heterocycles. The fraction of sp³-hybridized carbons (Fsp3) is 0.513. The van der Waals surface area contributed by atoms with Crippen LogP contribution in [-0.2, 0) is 49.0 Å². The number of nitrogens with one attached hydrogen (secondary N) is 2. The van der Waals surface area contributed by atoms with Gasteiger partial charge in [0.05, 0.1) is 19.0 Å². The summed E-state index contributed by atoms with van der Waals surface area (Å²) in [6.07, 6.45) is 24.1. The van der Waals surface area contributed by atoms with E-state index in [4.69, 9.17) is 4.74 Å². The minimum atomic E-state index is 0.0707. The van der Waals surface area contributed by atoms with Gasteiger partial charge < -0.3 is 19.6 Å². The van der Waals surface area contributed by atoms with Crippen molar-refractivity contribution in [1.82, 2.24) is 64.2 Å². The second kappa shape index (κ2) is 37.1. The van der Waals surface area contributed by atoms with Crippen molar-refractivity contribution in [2.75, 3.05) is 19.5 Å². The van der Waals surface area contributed by atoms with Crippen LogP contribution in [0.1, 0.15) is 238 Å². The highest BCUT2D eigenvalue weighted by molar-refractivity contribution is 5.36. The number of aromatic amines is 1. The van der Waals surface area contributed by atoms with E-state index in [0.29, 0.717) is 5.88 Å². The lowest BCUT2D eigenvalue weighted by atomic mass is 9.88. The first kappa shape index (κ1) is 83.1. The molecule has 15 heteroatoms. The number of hydrogen-bond donors (Lipinski definition) is 2. The van der Waals surface area contributed by atoms with Gasteiger partial charge in [-0.2, -0.15) is 5.10 Å². The average Bonchev–Trinajstić information content (AvgIpc) is 2.01. The fourth-order valence-electron chi connectivity index (χ4n) is 7.29. The summed E-state index contributed by atoms with van der Waals surface area (Å²) in [4.78, 5) is 40.8. The highest BCUT2D eigenvalue weighted by Crippen LogP contribution is 2.25. The zero-order chi connectivity index (χ0) is 71.3. The fourth-order valence-corrected chi connectivity index (χ4v) is 7.29. The van der Waals surface area contributed by atoms with E-state index in [9.17, 15) is 0 Å². The molecule has 0 aliphatic carbocycles. The van der Waals surface area contributed by atoms with Crippen LogP contribution >= 0.6 is 0 Å². The highest BCUT2D eigenvalue weighted by Gasteiger charge is 2.19. The van der Waals surface area contributed by atoms with Crippen molar-refractivity contribution < 1.29 is 4.74 Å². The second-order valence-electron chi connectivity index (χ2n) is 31.9. The van der Waals surface area contributed by atoms with E-state index in [1.165, 1.54) is 16.7 Å². The Morgan fingerprint density at radius 1 is 0.409 bits per heavy atom. The Morgan fingerprint density at radius 3 is 1.22 bits per heavy atom. The number of hydrogen-bond acceptors (Lipinski definition) is 12. The summed E-state index contributed by atoms with van der Waals surface area (Å²) >= 11 is 0. The van der Waals surface area contributed by atoms with Gasteiger partial charge in [-0.25, -0.2) is 29.9 Å². The quantitative estimate of drug-likeness (QED) is 0.168. The van der Waals surface area contributed by atoms with Crippen LogP contribution in [-0.4, -0.2) is 78.3 Å². The second-order valence-corrected chi connectivity index (χ2v) is 31.9. The van der Waals surface area contributed by atoms with Crippen molar-refractivity contribution in [2.45, 2.75) is 250 Å². The summed E-state index contributed by atoms with van der Waals surface area (Å²) < 4.78 is 8.98. The Morgan fingerprint density at radius 2 is 0.935 bits per heavy atom. The monoisotopic (exact) mass is 1270 g/mol. The summed E-state index contributed by atoms with van der Waals surface area (Å²) in [6.45, 7) is 62.2. The smallest absolute Gasteiger partial charge is 0.212 e. The number of imidazole rings is 2. The van der Waals surface area contributed by atoms with Gasteiger partial charge in [0.15, 0.2) is 0 Å². The highest BCUT2D eigenvalue weighted by atomic mass is 16.5. The summed E-state index contributed by atoms with van der Waals surface area (Å²) in [5, 5.41) is 7.10. The van der Waals surface area contributed by atoms with Crippen molar-refractivity contribution in [3.8, 4) is 5.88 Å². The van der Waals surface area contributed by atoms with Crippen molar-refractivity contribution in [3.63, 3.8) is 0 Å². The topological polar surface area (TPSA) is 176 Å². The number of aryl methyl sites for hydroxylation is 2. The lowest BCUT2D eigenvalue weighted by molar-refractivity contribution is 0.355. The Hall–Kier alpha value is -7.94. The van der Waals surface area contributed by atoms with Gasteiger partial charge in [-0.3, -0.25) is 19.6 Å². The summed E-state index contributed by atoms with van der Waals surface area (Å²) in [6, 6.07) is 28.2.